The van der Waals surface area contributed by atoms with Crippen LogP contribution in [0.15, 0.2) is 41.6 Å². The number of aromatic nitrogens is 3. The second-order valence-electron chi connectivity index (χ2n) is 6.74. The first-order valence-electron chi connectivity index (χ1n) is 8.49. The molecule has 1 unspecified atom stereocenters. The number of hydrogen-bond donors (Lipinski definition) is 1. The van der Waals surface area contributed by atoms with Crippen molar-refractivity contribution in [3.8, 4) is 11.1 Å². The van der Waals surface area contributed by atoms with Gasteiger partial charge in [-0.25, -0.2) is 4.98 Å². The molecule has 0 spiro atoms. The van der Waals surface area contributed by atoms with E-state index in [9.17, 15) is 4.79 Å². The van der Waals surface area contributed by atoms with Crippen molar-refractivity contribution in [2.45, 2.75) is 32.4 Å². The lowest BCUT2D eigenvalue weighted by atomic mass is 10.0. The van der Waals surface area contributed by atoms with E-state index < -0.39 is 0 Å². The van der Waals surface area contributed by atoms with E-state index in [1.54, 1.807) is 0 Å². The van der Waals surface area contributed by atoms with Gasteiger partial charge in [-0.2, -0.15) is 0 Å². The van der Waals surface area contributed by atoms with Crippen LogP contribution in [0.25, 0.3) is 22.2 Å². The Morgan fingerprint density at radius 2 is 2.08 bits per heavy atom. The van der Waals surface area contributed by atoms with Crippen LogP contribution < -0.4 is 5.56 Å². The summed E-state index contributed by atoms with van der Waals surface area (Å²) in [6.45, 7) is 4.49. The van der Waals surface area contributed by atoms with E-state index in [-0.39, 0.29) is 5.56 Å². The maximum absolute atomic E-state index is 12.2. The molecule has 1 N–H and O–H groups in total. The van der Waals surface area contributed by atoms with Gasteiger partial charge >= 0.3 is 0 Å². The number of rotatable bonds is 3. The van der Waals surface area contributed by atoms with Crippen molar-refractivity contribution in [1.82, 2.24) is 19.4 Å². The average molecular weight is 322 g/mol. The maximum Gasteiger partial charge on any atom is 0.260 e. The molecule has 0 saturated carbocycles. The zero-order valence-corrected chi connectivity index (χ0v) is 14.1. The smallest absolute Gasteiger partial charge is 0.260 e. The number of H-pyrrole nitrogens is 1. The third-order valence-electron chi connectivity index (χ3n) is 5.10. The first-order chi connectivity index (χ1) is 11.6. The molecule has 124 valence electrons. The van der Waals surface area contributed by atoms with Crippen molar-refractivity contribution in [2.75, 3.05) is 6.54 Å². The molecule has 1 aromatic carbocycles. The summed E-state index contributed by atoms with van der Waals surface area (Å²) in [5.41, 5.74) is 3.93. The summed E-state index contributed by atoms with van der Waals surface area (Å²) in [4.78, 5) is 21.7. The highest BCUT2D eigenvalue weighted by Crippen LogP contribution is 2.27. The number of fused-ring (bicyclic) bond motifs is 1. The van der Waals surface area contributed by atoms with Crippen molar-refractivity contribution in [3.63, 3.8) is 0 Å². The Balaban J connectivity index is 1.67. The quantitative estimate of drug-likeness (QED) is 0.807. The van der Waals surface area contributed by atoms with Crippen molar-refractivity contribution in [3.05, 3.63) is 52.7 Å². The third kappa shape index (κ3) is 2.55. The summed E-state index contributed by atoms with van der Waals surface area (Å²) in [5.74, 6) is 0. The van der Waals surface area contributed by atoms with Crippen LogP contribution >= 0.6 is 0 Å². The SMILES string of the molecule is CC1CCCN1Cc1ccc(-c2cn(C)c3nc[nH]c(=O)c23)cc1. The van der Waals surface area contributed by atoms with Gasteiger partial charge in [-0.15, -0.1) is 0 Å². The molecule has 3 heterocycles. The molecule has 5 nitrogen and oxygen atoms in total. The number of aryl methyl sites for hydroxylation is 1. The summed E-state index contributed by atoms with van der Waals surface area (Å²) in [6.07, 6.45) is 6.02. The number of likely N-dealkylation sites (tertiary alicyclic amines) is 1. The molecule has 5 heteroatoms. The van der Waals surface area contributed by atoms with E-state index in [1.165, 1.54) is 31.3 Å². The summed E-state index contributed by atoms with van der Waals surface area (Å²) < 4.78 is 1.90. The normalized spacial score (nSPS) is 18.5. The van der Waals surface area contributed by atoms with Gasteiger partial charge in [0.25, 0.3) is 5.56 Å². The fraction of sp³-hybridized carbons (Fsp3) is 0.368. The van der Waals surface area contributed by atoms with Gasteiger partial charge in [-0.05, 0) is 37.4 Å². The lowest BCUT2D eigenvalue weighted by Crippen LogP contribution is -2.26. The second kappa shape index (κ2) is 5.91. The van der Waals surface area contributed by atoms with Crippen LogP contribution in [0.1, 0.15) is 25.3 Å². The monoisotopic (exact) mass is 322 g/mol. The van der Waals surface area contributed by atoms with Crippen LogP contribution in [-0.4, -0.2) is 32.0 Å². The lowest BCUT2D eigenvalue weighted by molar-refractivity contribution is 0.260. The number of nitrogens with zero attached hydrogens (tertiary/aromatic N) is 3. The molecule has 3 aromatic rings. The fourth-order valence-corrected chi connectivity index (χ4v) is 3.69. The third-order valence-corrected chi connectivity index (χ3v) is 5.10. The topological polar surface area (TPSA) is 53.9 Å². The minimum atomic E-state index is -0.0921. The van der Waals surface area contributed by atoms with Crippen molar-refractivity contribution in [1.29, 1.82) is 0 Å². The van der Waals surface area contributed by atoms with Gasteiger partial charge in [0.05, 0.1) is 11.7 Å². The molecule has 0 aliphatic carbocycles. The Bertz CT molecular complexity index is 923. The van der Waals surface area contributed by atoms with E-state index in [0.717, 1.165) is 17.7 Å². The molecule has 0 amide bonds. The van der Waals surface area contributed by atoms with Gasteiger partial charge < -0.3 is 9.55 Å². The van der Waals surface area contributed by atoms with Gasteiger partial charge in [-0.3, -0.25) is 9.69 Å². The van der Waals surface area contributed by atoms with Crippen LogP contribution in [0, 0.1) is 0 Å². The van der Waals surface area contributed by atoms with Gasteiger partial charge in [0.2, 0.25) is 0 Å². The van der Waals surface area contributed by atoms with Crippen molar-refractivity contribution in [2.24, 2.45) is 7.05 Å². The van der Waals surface area contributed by atoms with Gasteiger partial charge in [0, 0.05) is 31.4 Å². The summed E-state index contributed by atoms with van der Waals surface area (Å²) >= 11 is 0. The lowest BCUT2D eigenvalue weighted by Gasteiger charge is -2.20. The molecule has 1 aliphatic heterocycles. The Kier molecular flexibility index (Phi) is 3.73. The first kappa shape index (κ1) is 15.1. The van der Waals surface area contributed by atoms with Crippen LogP contribution in [-0.2, 0) is 13.6 Å². The molecule has 1 saturated heterocycles. The Morgan fingerprint density at radius 1 is 1.29 bits per heavy atom. The molecule has 1 aliphatic rings. The summed E-state index contributed by atoms with van der Waals surface area (Å²) in [5, 5.41) is 0.654. The first-order valence-corrected chi connectivity index (χ1v) is 8.49. The highest BCUT2D eigenvalue weighted by molar-refractivity contribution is 5.93. The second-order valence-corrected chi connectivity index (χ2v) is 6.74. The van der Waals surface area contributed by atoms with Gasteiger partial charge in [0.1, 0.15) is 5.65 Å². The highest BCUT2D eigenvalue weighted by Gasteiger charge is 2.20. The maximum atomic E-state index is 12.2. The highest BCUT2D eigenvalue weighted by atomic mass is 16.1. The molecular weight excluding hydrogens is 300 g/mol. The minimum Gasteiger partial charge on any atom is -0.335 e. The molecule has 24 heavy (non-hydrogen) atoms. The molecular formula is C19H22N4O. The number of hydrogen-bond acceptors (Lipinski definition) is 3. The van der Waals surface area contributed by atoms with E-state index in [0.29, 0.717) is 17.1 Å². The number of aromatic amines is 1. The van der Waals surface area contributed by atoms with E-state index in [4.69, 9.17) is 0 Å². The predicted octanol–water partition coefficient (Wildman–Crippen LogP) is 2.91. The van der Waals surface area contributed by atoms with Crippen molar-refractivity contribution < 1.29 is 0 Å². The van der Waals surface area contributed by atoms with Crippen molar-refractivity contribution >= 4 is 11.0 Å². The molecule has 1 fully saturated rings. The Hall–Kier alpha value is -2.40. The van der Waals surface area contributed by atoms with E-state index in [2.05, 4.69) is 46.1 Å². The van der Waals surface area contributed by atoms with Crippen LogP contribution in [0.4, 0.5) is 0 Å². The largest absolute Gasteiger partial charge is 0.335 e. The molecule has 2 aromatic heterocycles. The molecule has 4 rings (SSSR count). The predicted molar refractivity (Wildman–Crippen MR) is 95.9 cm³/mol. The molecule has 1 atom stereocenters. The van der Waals surface area contributed by atoms with Crippen LogP contribution in [0.3, 0.4) is 0 Å². The number of nitrogens with one attached hydrogen (secondary N) is 1. The van der Waals surface area contributed by atoms with Gasteiger partial charge in [0.15, 0.2) is 0 Å². The zero-order valence-electron chi connectivity index (χ0n) is 14.1. The average Bonchev–Trinajstić information content (AvgIpc) is 3.13. The molecule has 0 bridgehead atoms. The standard InChI is InChI=1S/C19H22N4O/c1-13-4-3-9-23(13)10-14-5-7-15(8-6-14)16-11-22(2)18-17(16)19(24)21-12-20-18/h5-8,11-13H,3-4,9-10H2,1-2H3,(H,20,21,24). The summed E-state index contributed by atoms with van der Waals surface area (Å²) in [6, 6.07) is 9.23. The molecule has 0 radical (unpaired) electrons. The van der Waals surface area contributed by atoms with E-state index in [1.807, 2.05) is 17.8 Å². The van der Waals surface area contributed by atoms with Crippen LogP contribution in [0.5, 0.6) is 0 Å². The fourth-order valence-electron chi connectivity index (χ4n) is 3.69. The zero-order chi connectivity index (χ0) is 16.7. The Morgan fingerprint density at radius 3 is 2.79 bits per heavy atom. The van der Waals surface area contributed by atoms with E-state index >= 15 is 0 Å². The minimum absolute atomic E-state index is 0.0921. The van der Waals surface area contributed by atoms with Gasteiger partial charge in [-0.1, -0.05) is 24.3 Å². The van der Waals surface area contributed by atoms with Crippen LogP contribution in [0.2, 0.25) is 0 Å². The number of benzene rings is 1. The summed E-state index contributed by atoms with van der Waals surface area (Å²) in [7, 11) is 1.92. The Labute approximate surface area is 140 Å².